The highest BCUT2D eigenvalue weighted by molar-refractivity contribution is 7.84. The monoisotopic (exact) mass is 415 g/mol. The SMILES string of the molecule is CCOc1c(C)cnc(CS(=O)c2nc3ccccc3n2C(C)OC(C)=O)c1C. The maximum atomic E-state index is 13.3. The van der Waals surface area contributed by atoms with E-state index in [1.807, 2.05) is 45.0 Å². The first-order valence-electron chi connectivity index (χ1n) is 9.43. The first-order valence-corrected chi connectivity index (χ1v) is 10.8. The molecule has 3 rings (SSSR count). The summed E-state index contributed by atoms with van der Waals surface area (Å²) in [4.78, 5) is 20.5. The first kappa shape index (κ1) is 21.0. The Hall–Kier alpha value is -2.74. The Balaban J connectivity index is 2.02. The van der Waals surface area contributed by atoms with Crippen molar-refractivity contribution in [2.75, 3.05) is 6.61 Å². The quantitative estimate of drug-likeness (QED) is 0.545. The van der Waals surface area contributed by atoms with Crippen LogP contribution in [0.5, 0.6) is 5.75 Å². The molecule has 0 saturated heterocycles. The lowest BCUT2D eigenvalue weighted by Crippen LogP contribution is -2.17. The molecular formula is C21H25N3O4S. The molecule has 0 N–H and O–H groups in total. The molecule has 8 heteroatoms. The van der Waals surface area contributed by atoms with Crippen molar-refractivity contribution < 1.29 is 18.5 Å². The molecule has 154 valence electrons. The molecule has 3 aromatic rings. The van der Waals surface area contributed by atoms with Gasteiger partial charge in [0.05, 0.1) is 39.9 Å². The second-order valence-electron chi connectivity index (χ2n) is 6.73. The average Bonchev–Trinajstić information content (AvgIpc) is 3.06. The van der Waals surface area contributed by atoms with Gasteiger partial charge in [0.1, 0.15) is 5.75 Å². The van der Waals surface area contributed by atoms with Gasteiger partial charge in [-0.2, -0.15) is 0 Å². The number of esters is 1. The molecule has 0 radical (unpaired) electrons. The zero-order valence-electron chi connectivity index (χ0n) is 17.3. The van der Waals surface area contributed by atoms with Crippen LogP contribution < -0.4 is 4.74 Å². The summed E-state index contributed by atoms with van der Waals surface area (Å²) in [5.41, 5.74) is 3.95. The van der Waals surface area contributed by atoms with Gasteiger partial charge in [-0.1, -0.05) is 12.1 Å². The number of nitrogens with zero attached hydrogens (tertiary/aromatic N) is 3. The van der Waals surface area contributed by atoms with E-state index >= 15 is 0 Å². The molecule has 2 atom stereocenters. The van der Waals surface area contributed by atoms with Gasteiger partial charge in [-0.25, -0.2) is 4.98 Å². The molecule has 2 unspecified atom stereocenters. The summed E-state index contributed by atoms with van der Waals surface area (Å²) in [6.07, 6.45) is 1.10. The smallest absolute Gasteiger partial charge is 0.304 e. The second kappa shape index (κ2) is 8.73. The molecule has 1 aromatic carbocycles. The van der Waals surface area contributed by atoms with Crippen molar-refractivity contribution in [3.05, 3.63) is 47.3 Å². The summed E-state index contributed by atoms with van der Waals surface area (Å²) in [7, 11) is -1.50. The van der Waals surface area contributed by atoms with Gasteiger partial charge in [-0.05, 0) is 39.8 Å². The Bertz CT molecular complexity index is 1080. The Morgan fingerprint density at radius 2 is 2.00 bits per heavy atom. The number of pyridine rings is 1. The summed E-state index contributed by atoms with van der Waals surface area (Å²) >= 11 is 0. The Morgan fingerprint density at radius 3 is 2.69 bits per heavy atom. The largest absolute Gasteiger partial charge is 0.493 e. The molecule has 0 bridgehead atoms. The molecule has 2 aromatic heterocycles. The van der Waals surface area contributed by atoms with Crippen LogP contribution in [0.2, 0.25) is 0 Å². The molecule has 0 aliphatic heterocycles. The van der Waals surface area contributed by atoms with Crippen LogP contribution in [-0.2, 0) is 26.1 Å². The van der Waals surface area contributed by atoms with Gasteiger partial charge in [-0.15, -0.1) is 0 Å². The number of aromatic nitrogens is 3. The van der Waals surface area contributed by atoms with Gasteiger partial charge in [0.25, 0.3) is 0 Å². The fourth-order valence-electron chi connectivity index (χ4n) is 3.28. The van der Waals surface area contributed by atoms with Gasteiger partial charge < -0.3 is 9.47 Å². The molecule has 29 heavy (non-hydrogen) atoms. The maximum Gasteiger partial charge on any atom is 0.304 e. The molecule has 0 aliphatic rings. The van der Waals surface area contributed by atoms with Gasteiger partial charge in [-0.3, -0.25) is 18.6 Å². The number of para-hydroxylation sites is 2. The topological polar surface area (TPSA) is 83.3 Å². The predicted molar refractivity (Wildman–Crippen MR) is 111 cm³/mol. The van der Waals surface area contributed by atoms with Crippen molar-refractivity contribution in [1.29, 1.82) is 0 Å². The molecule has 0 aliphatic carbocycles. The number of carbonyl (C=O) groups excluding carboxylic acids is 1. The summed E-state index contributed by atoms with van der Waals surface area (Å²) in [6.45, 7) is 9.41. The number of ether oxygens (including phenoxy) is 2. The highest BCUT2D eigenvalue weighted by Crippen LogP contribution is 2.28. The van der Waals surface area contributed by atoms with Crippen molar-refractivity contribution in [3.63, 3.8) is 0 Å². The van der Waals surface area contributed by atoms with E-state index < -0.39 is 23.0 Å². The highest BCUT2D eigenvalue weighted by atomic mass is 32.2. The van der Waals surface area contributed by atoms with Crippen molar-refractivity contribution >= 4 is 27.8 Å². The van der Waals surface area contributed by atoms with E-state index in [2.05, 4.69) is 9.97 Å². The van der Waals surface area contributed by atoms with E-state index in [0.29, 0.717) is 23.0 Å². The normalized spacial score (nSPS) is 13.3. The molecule has 0 saturated carbocycles. The minimum atomic E-state index is -1.50. The molecule has 0 fully saturated rings. The number of fused-ring (bicyclic) bond motifs is 1. The van der Waals surface area contributed by atoms with E-state index in [1.54, 1.807) is 17.7 Å². The van der Waals surface area contributed by atoms with E-state index in [-0.39, 0.29) is 5.75 Å². The van der Waals surface area contributed by atoms with E-state index in [0.717, 1.165) is 22.4 Å². The van der Waals surface area contributed by atoms with Crippen LogP contribution in [0.15, 0.2) is 35.6 Å². The van der Waals surface area contributed by atoms with E-state index in [9.17, 15) is 9.00 Å². The molecule has 0 spiro atoms. The number of rotatable bonds is 7. The number of hydrogen-bond donors (Lipinski definition) is 0. The van der Waals surface area contributed by atoms with Gasteiger partial charge in [0.15, 0.2) is 6.23 Å². The van der Waals surface area contributed by atoms with Crippen molar-refractivity contribution in [2.45, 2.75) is 51.8 Å². The van der Waals surface area contributed by atoms with Crippen molar-refractivity contribution in [2.24, 2.45) is 0 Å². The maximum absolute atomic E-state index is 13.3. The lowest BCUT2D eigenvalue weighted by Gasteiger charge is -2.17. The molecular weight excluding hydrogens is 390 g/mol. The predicted octanol–water partition coefficient (Wildman–Crippen LogP) is 3.84. The third kappa shape index (κ3) is 4.32. The Labute approximate surface area is 172 Å². The number of aryl methyl sites for hydroxylation is 1. The van der Waals surface area contributed by atoms with Crippen LogP contribution >= 0.6 is 0 Å². The summed E-state index contributed by atoms with van der Waals surface area (Å²) < 4.78 is 26.1. The Kier molecular flexibility index (Phi) is 6.32. The minimum absolute atomic E-state index is 0.183. The van der Waals surface area contributed by atoms with E-state index in [1.165, 1.54) is 6.92 Å². The fourth-order valence-corrected chi connectivity index (χ4v) is 4.62. The van der Waals surface area contributed by atoms with Gasteiger partial charge >= 0.3 is 5.97 Å². The lowest BCUT2D eigenvalue weighted by molar-refractivity contribution is -0.149. The minimum Gasteiger partial charge on any atom is -0.493 e. The summed E-state index contributed by atoms with van der Waals surface area (Å²) in [5.74, 6) is 0.545. The molecule has 0 amide bonds. The van der Waals surface area contributed by atoms with Crippen LogP contribution in [-0.4, -0.2) is 31.3 Å². The average molecular weight is 416 g/mol. The summed E-state index contributed by atoms with van der Waals surface area (Å²) in [6, 6.07) is 7.44. The van der Waals surface area contributed by atoms with E-state index in [4.69, 9.17) is 9.47 Å². The summed E-state index contributed by atoms with van der Waals surface area (Å²) in [5, 5.41) is 0.347. The number of benzene rings is 1. The third-order valence-electron chi connectivity index (χ3n) is 4.57. The molecule has 2 heterocycles. The third-order valence-corrected chi connectivity index (χ3v) is 5.80. The lowest BCUT2D eigenvalue weighted by atomic mass is 10.1. The van der Waals surface area contributed by atoms with Gasteiger partial charge in [0, 0.05) is 24.2 Å². The molecule has 7 nitrogen and oxygen atoms in total. The van der Waals surface area contributed by atoms with Crippen LogP contribution in [0.3, 0.4) is 0 Å². The zero-order valence-corrected chi connectivity index (χ0v) is 18.1. The highest BCUT2D eigenvalue weighted by Gasteiger charge is 2.23. The number of imidazole rings is 1. The fraction of sp³-hybridized carbons (Fsp3) is 0.381. The van der Waals surface area contributed by atoms with Crippen LogP contribution in [0.25, 0.3) is 11.0 Å². The zero-order chi connectivity index (χ0) is 21.1. The van der Waals surface area contributed by atoms with Gasteiger partial charge in [0.2, 0.25) is 5.16 Å². The van der Waals surface area contributed by atoms with Crippen molar-refractivity contribution in [1.82, 2.24) is 14.5 Å². The van der Waals surface area contributed by atoms with Crippen molar-refractivity contribution in [3.8, 4) is 5.75 Å². The standard InChI is InChI=1S/C21H25N3O4S/c1-6-27-20-13(2)11-22-18(14(20)3)12-29(26)21-23-17-9-7-8-10-19(17)24(21)15(4)28-16(5)25/h7-11,15H,6,12H2,1-5H3. The van der Waals surface area contributed by atoms with Crippen LogP contribution in [0, 0.1) is 13.8 Å². The van der Waals surface area contributed by atoms with Crippen LogP contribution in [0.4, 0.5) is 0 Å². The second-order valence-corrected chi connectivity index (χ2v) is 8.07. The number of carbonyl (C=O) groups is 1. The first-order chi connectivity index (χ1) is 13.8. The van der Waals surface area contributed by atoms with Crippen LogP contribution in [0.1, 0.15) is 43.8 Å². The number of hydrogen-bond acceptors (Lipinski definition) is 6. The Morgan fingerprint density at radius 1 is 1.28 bits per heavy atom.